The van der Waals surface area contributed by atoms with Crippen LogP contribution in [0.5, 0.6) is 11.5 Å². The molecule has 4 nitrogen and oxygen atoms in total. The maximum atomic E-state index is 13.9. The highest BCUT2D eigenvalue weighted by Crippen LogP contribution is 2.38. The van der Waals surface area contributed by atoms with Gasteiger partial charge >= 0.3 is 6.18 Å². The Hall–Kier alpha value is -4.31. The molecule has 0 atom stereocenters. The highest BCUT2D eigenvalue weighted by Gasteiger charge is 2.36. The fourth-order valence-electron chi connectivity index (χ4n) is 4.40. The van der Waals surface area contributed by atoms with Crippen LogP contribution in [0.1, 0.15) is 48.6 Å². The van der Waals surface area contributed by atoms with E-state index in [9.17, 15) is 18.0 Å². The van der Waals surface area contributed by atoms with E-state index in [0.717, 1.165) is 22.8 Å². The molecule has 1 heterocycles. The van der Waals surface area contributed by atoms with Gasteiger partial charge in [0.05, 0.1) is 12.1 Å². The van der Waals surface area contributed by atoms with Crippen molar-refractivity contribution in [2.24, 2.45) is 0 Å². The van der Waals surface area contributed by atoms with E-state index < -0.39 is 23.0 Å². The van der Waals surface area contributed by atoms with Gasteiger partial charge in [-0.3, -0.25) is 4.79 Å². The summed E-state index contributed by atoms with van der Waals surface area (Å²) in [5, 5.41) is 0. The lowest BCUT2D eigenvalue weighted by Crippen LogP contribution is -2.25. The van der Waals surface area contributed by atoms with E-state index in [4.69, 9.17) is 11.3 Å². The van der Waals surface area contributed by atoms with Crippen LogP contribution in [0.3, 0.4) is 0 Å². The summed E-state index contributed by atoms with van der Waals surface area (Å²) < 4.78 is 48.9. The number of ether oxygens (including phenoxy) is 1. The number of halogens is 3. The predicted octanol–water partition coefficient (Wildman–Crippen LogP) is 8.84. The van der Waals surface area contributed by atoms with Gasteiger partial charge in [0.2, 0.25) is 0 Å². The Morgan fingerprint density at radius 2 is 1.62 bits per heavy atom. The molecule has 4 rings (SSSR count). The van der Waals surface area contributed by atoms with Crippen LogP contribution in [0.2, 0.25) is 0 Å². The molecule has 0 spiro atoms. The molecule has 0 saturated heterocycles. The minimum atomic E-state index is -4.85. The zero-order valence-corrected chi connectivity index (χ0v) is 22.5. The quantitative estimate of drug-likeness (QED) is 0.242. The summed E-state index contributed by atoms with van der Waals surface area (Å²) in [6.45, 7) is 17.6. The van der Waals surface area contributed by atoms with Crippen LogP contribution in [0, 0.1) is 20.4 Å². The van der Waals surface area contributed by atoms with Crippen LogP contribution in [0.25, 0.3) is 16.1 Å². The third-order valence-corrected chi connectivity index (χ3v) is 6.53. The molecular weight excluding hydrogens is 501 g/mol. The van der Waals surface area contributed by atoms with Crippen molar-refractivity contribution in [1.82, 2.24) is 4.57 Å². The average molecular weight is 531 g/mol. The topological polar surface area (TPSA) is 35.6 Å². The lowest BCUT2D eigenvalue weighted by molar-refractivity contribution is -0.136. The van der Waals surface area contributed by atoms with Crippen molar-refractivity contribution in [3.63, 3.8) is 0 Å². The molecule has 0 aliphatic carbocycles. The fraction of sp³-hybridized carbons (Fsp3) is 0.250. The van der Waals surface area contributed by atoms with Crippen molar-refractivity contribution in [1.29, 1.82) is 0 Å². The molecule has 0 aliphatic heterocycles. The van der Waals surface area contributed by atoms with Crippen LogP contribution >= 0.6 is 0 Å². The predicted molar refractivity (Wildman–Crippen MR) is 148 cm³/mol. The number of aromatic nitrogens is 1. The molecule has 200 valence electrons. The molecule has 0 N–H and O–H groups in total. The SMILES string of the molecule is [C-]#[N+]c1c(C(F)(F)F)cc(-c2ccc(Oc3ccc(C(C)(C)C)cc3C)cc2)n(Cc2cccc(C)c2)c1=O. The minimum Gasteiger partial charge on any atom is -0.457 e. The monoisotopic (exact) mass is 530 g/mol. The largest absolute Gasteiger partial charge is 0.457 e. The summed E-state index contributed by atoms with van der Waals surface area (Å²) in [5.74, 6) is 1.18. The fourth-order valence-corrected chi connectivity index (χ4v) is 4.40. The molecule has 0 bridgehead atoms. The third kappa shape index (κ3) is 6.06. The lowest BCUT2D eigenvalue weighted by atomic mass is 9.86. The Morgan fingerprint density at radius 1 is 0.923 bits per heavy atom. The summed E-state index contributed by atoms with van der Waals surface area (Å²) in [7, 11) is 0. The first-order valence-corrected chi connectivity index (χ1v) is 12.5. The zero-order chi connectivity index (χ0) is 28.5. The number of hydrogen-bond acceptors (Lipinski definition) is 2. The first kappa shape index (κ1) is 27.7. The molecule has 0 amide bonds. The second-order valence-electron chi connectivity index (χ2n) is 10.6. The number of pyridine rings is 1. The molecule has 39 heavy (non-hydrogen) atoms. The van der Waals surface area contributed by atoms with Gasteiger partial charge in [-0.05, 0) is 77.9 Å². The van der Waals surface area contributed by atoms with Crippen molar-refractivity contribution < 1.29 is 17.9 Å². The molecule has 0 radical (unpaired) electrons. The molecule has 7 heteroatoms. The molecule has 0 fully saturated rings. The highest BCUT2D eigenvalue weighted by atomic mass is 19.4. The summed E-state index contributed by atoms with van der Waals surface area (Å²) in [5.41, 5.74) is 1.13. The van der Waals surface area contributed by atoms with Crippen molar-refractivity contribution in [3.8, 4) is 22.8 Å². The van der Waals surface area contributed by atoms with E-state index in [2.05, 4.69) is 31.7 Å². The Labute approximate surface area is 226 Å². The maximum absolute atomic E-state index is 13.9. The molecule has 0 saturated carbocycles. The van der Waals surface area contributed by atoms with E-state index in [1.807, 2.05) is 44.2 Å². The van der Waals surface area contributed by atoms with E-state index in [0.29, 0.717) is 17.1 Å². The molecule has 3 aromatic carbocycles. The Bertz CT molecular complexity index is 1620. The van der Waals surface area contributed by atoms with E-state index in [1.165, 1.54) is 10.1 Å². The van der Waals surface area contributed by atoms with E-state index >= 15 is 0 Å². The van der Waals surface area contributed by atoms with E-state index in [1.54, 1.807) is 30.3 Å². The van der Waals surface area contributed by atoms with Crippen LogP contribution in [-0.4, -0.2) is 4.57 Å². The number of hydrogen-bond donors (Lipinski definition) is 0. The molecule has 0 aliphatic rings. The number of benzene rings is 3. The van der Waals surface area contributed by atoms with Crippen LogP contribution < -0.4 is 10.3 Å². The van der Waals surface area contributed by atoms with Gasteiger partial charge in [-0.2, -0.15) is 13.2 Å². The van der Waals surface area contributed by atoms with Gasteiger partial charge in [-0.1, -0.05) is 62.7 Å². The third-order valence-electron chi connectivity index (χ3n) is 6.53. The van der Waals surface area contributed by atoms with Gasteiger partial charge < -0.3 is 9.30 Å². The minimum absolute atomic E-state index is 0.00274. The average Bonchev–Trinajstić information content (AvgIpc) is 2.85. The maximum Gasteiger partial charge on any atom is 0.407 e. The Balaban J connectivity index is 1.77. The van der Waals surface area contributed by atoms with Gasteiger partial charge in [-0.15, -0.1) is 0 Å². The number of nitrogens with zero attached hydrogens (tertiary/aromatic N) is 2. The Morgan fingerprint density at radius 3 is 2.18 bits per heavy atom. The van der Waals surface area contributed by atoms with E-state index in [-0.39, 0.29) is 17.7 Å². The van der Waals surface area contributed by atoms with Gasteiger partial charge in [0.15, 0.2) is 0 Å². The standard InChI is InChI=1S/C32H29F3N2O2/c1-20-8-7-9-22(16-20)19-37-27(18-26(32(33,34)35)29(36-6)30(37)38)23-10-13-25(14-11-23)39-28-15-12-24(17-21(28)2)31(3,4)5/h7-18H,19H2,1-5H3. The van der Waals surface area contributed by atoms with Crippen molar-refractivity contribution >= 4 is 5.69 Å². The second kappa shape index (κ2) is 10.5. The lowest BCUT2D eigenvalue weighted by Gasteiger charge is -2.21. The van der Waals surface area contributed by atoms with Crippen LogP contribution in [0.15, 0.2) is 77.6 Å². The highest BCUT2D eigenvalue weighted by molar-refractivity contribution is 5.67. The summed E-state index contributed by atoms with van der Waals surface area (Å²) >= 11 is 0. The number of rotatable bonds is 5. The first-order valence-electron chi connectivity index (χ1n) is 12.5. The second-order valence-corrected chi connectivity index (χ2v) is 10.6. The zero-order valence-electron chi connectivity index (χ0n) is 22.5. The Kier molecular flexibility index (Phi) is 7.43. The number of aryl methyl sites for hydroxylation is 2. The first-order chi connectivity index (χ1) is 18.3. The van der Waals surface area contributed by atoms with Gasteiger partial charge in [0.1, 0.15) is 11.5 Å². The normalized spacial score (nSPS) is 11.8. The molecular formula is C32H29F3N2O2. The molecule has 1 aromatic heterocycles. The number of alkyl halides is 3. The summed E-state index contributed by atoms with van der Waals surface area (Å²) in [6, 6.07) is 20.8. The molecule has 4 aromatic rings. The van der Waals surface area contributed by atoms with Crippen LogP contribution in [0.4, 0.5) is 18.9 Å². The summed E-state index contributed by atoms with van der Waals surface area (Å²) in [6.07, 6.45) is -4.85. The van der Waals surface area contributed by atoms with Crippen molar-refractivity contribution in [2.75, 3.05) is 0 Å². The molecule has 0 unspecified atom stereocenters. The van der Waals surface area contributed by atoms with Gasteiger partial charge in [0.25, 0.3) is 11.2 Å². The van der Waals surface area contributed by atoms with Gasteiger partial charge in [0, 0.05) is 12.2 Å². The van der Waals surface area contributed by atoms with Crippen molar-refractivity contribution in [3.05, 3.63) is 122 Å². The van der Waals surface area contributed by atoms with Crippen LogP contribution in [-0.2, 0) is 18.1 Å². The summed E-state index contributed by atoms with van der Waals surface area (Å²) in [4.78, 5) is 16.2. The van der Waals surface area contributed by atoms with Crippen molar-refractivity contribution in [2.45, 2.75) is 52.8 Å². The van der Waals surface area contributed by atoms with Gasteiger partial charge in [-0.25, -0.2) is 4.85 Å². The smallest absolute Gasteiger partial charge is 0.407 e.